The Bertz CT molecular complexity index is 525. The van der Waals surface area contributed by atoms with Crippen molar-refractivity contribution in [3.05, 3.63) is 12.7 Å². The minimum absolute atomic E-state index is 0.0517. The highest BCUT2D eigenvalue weighted by molar-refractivity contribution is 5.88. The molecule has 0 amide bonds. The molecule has 1 N–H and O–H groups in total. The number of ketones is 1. The minimum Gasteiger partial charge on any atom is -0.463 e. The Labute approximate surface area is 166 Å². The van der Waals surface area contributed by atoms with E-state index in [1.54, 1.807) is 0 Å². The van der Waals surface area contributed by atoms with Crippen LogP contribution >= 0.6 is 0 Å². The summed E-state index contributed by atoms with van der Waals surface area (Å²) in [6.45, 7) is 22.5. The Morgan fingerprint density at radius 1 is 1.07 bits per heavy atom. The van der Waals surface area contributed by atoms with E-state index in [1.807, 2.05) is 6.92 Å². The van der Waals surface area contributed by atoms with Gasteiger partial charge < -0.3 is 9.84 Å². The average Bonchev–Trinajstić information content (AvgIpc) is 2.55. The molecule has 27 heavy (non-hydrogen) atoms. The number of ether oxygens (including phenoxy) is 1. The molecule has 0 aliphatic rings. The molecule has 0 aliphatic carbocycles. The van der Waals surface area contributed by atoms with Gasteiger partial charge in [-0.2, -0.15) is 0 Å². The lowest BCUT2D eigenvalue weighted by Gasteiger charge is -2.53. The molecular formula is C23H42O4. The fourth-order valence-electron chi connectivity index (χ4n) is 3.62. The molecule has 0 aliphatic heterocycles. The van der Waals surface area contributed by atoms with Crippen LogP contribution in [0.15, 0.2) is 12.7 Å². The summed E-state index contributed by atoms with van der Waals surface area (Å²) in [4.78, 5) is 24.5. The van der Waals surface area contributed by atoms with E-state index in [0.29, 0.717) is 6.42 Å². The molecule has 0 aromatic carbocycles. The quantitative estimate of drug-likeness (QED) is 0.387. The molecule has 0 rings (SSSR count). The molecular weight excluding hydrogens is 340 g/mol. The van der Waals surface area contributed by atoms with Crippen LogP contribution in [0.4, 0.5) is 0 Å². The zero-order valence-corrected chi connectivity index (χ0v) is 19.1. The van der Waals surface area contributed by atoms with Gasteiger partial charge in [-0.1, -0.05) is 68.4 Å². The third-order valence-corrected chi connectivity index (χ3v) is 6.65. The van der Waals surface area contributed by atoms with Crippen LogP contribution in [0.3, 0.4) is 0 Å². The number of carbonyl (C=O) groups is 2. The van der Waals surface area contributed by atoms with Crippen molar-refractivity contribution in [1.29, 1.82) is 0 Å². The van der Waals surface area contributed by atoms with Gasteiger partial charge in [-0.15, -0.1) is 0 Å². The van der Waals surface area contributed by atoms with Gasteiger partial charge in [0.2, 0.25) is 0 Å². The van der Waals surface area contributed by atoms with Gasteiger partial charge in [0.15, 0.2) is 5.78 Å². The monoisotopic (exact) mass is 382 g/mol. The fourth-order valence-corrected chi connectivity index (χ4v) is 3.62. The molecule has 0 saturated carbocycles. The first-order valence-corrected chi connectivity index (χ1v) is 10.0. The lowest BCUT2D eigenvalue weighted by molar-refractivity contribution is -0.176. The molecule has 4 nitrogen and oxygen atoms in total. The first-order chi connectivity index (χ1) is 12.0. The number of hydrogen-bond donors (Lipinski definition) is 1. The number of aliphatic hydroxyl groups excluding tert-OH is 1. The summed E-state index contributed by atoms with van der Waals surface area (Å²) in [7, 11) is 0. The van der Waals surface area contributed by atoms with E-state index >= 15 is 0 Å². The predicted octanol–water partition coefficient (Wildman–Crippen LogP) is 5.33. The normalized spacial score (nSPS) is 16.4. The average molecular weight is 383 g/mol. The maximum Gasteiger partial charge on any atom is 0.312 e. The Morgan fingerprint density at radius 2 is 1.59 bits per heavy atom. The van der Waals surface area contributed by atoms with Gasteiger partial charge in [-0.3, -0.25) is 9.59 Å². The van der Waals surface area contributed by atoms with E-state index in [0.717, 1.165) is 6.42 Å². The standard InChI is InChI=1S/C23H42O4/c1-11-17(24)13-14-18(25)15-27-19(26)23(10,16-20(3,4)5)22(8,9)21(6,7)12-2/h11,18,25H,1,12-16H2,2-10H3. The molecule has 0 aromatic heterocycles. The van der Waals surface area contributed by atoms with Crippen molar-refractivity contribution in [2.45, 2.75) is 94.1 Å². The molecule has 0 spiro atoms. The molecule has 0 fully saturated rings. The highest BCUT2D eigenvalue weighted by Gasteiger charge is 2.56. The second-order valence-corrected chi connectivity index (χ2v) is 10.4. The van der Waals surface area contributed by atoms with Crippen LogP contribution in [0.1, 0.15) is 88.0 Å². The molecule has 2 atom stereocenters. The number of esters is 1. The van der Waals surface area contributed by atoms with Crippen LogP contribution in [-0.2, 0) is 14.3 Å². The van der Waals surface area contributed by atoms with Gasteiger partial charge in [-0.25, -0.2) is 0 Å². The van der Waals surface area contributed by atoms with Crippen molar-refractivity contribution < 1.29 is 19.4 Å². The third kappa shape index (κ3) is 6.74. The van der Waals surface area contributed by atoms with Crippen LogP contribution in [0.2, 0.25) is 0 Å². The van der Waals surface area contributed by atoms with E-state index in [1.165, 1.54) is 6.08 Å². The lowest BCUT2D eigenvalue weighted by Crippen LogP contribution is -2.52. The zero-order chi connectivity index (χ0) is 21.7. The molecule has 0 radical (unpaired) electrons. The van der Waals surface area contributed by atoms with Crippen LogP contribution in [0.25, 0.3) is 0 Å². The maximum absolute atomic E-state index is 13.2. The van der Waals surface area contributed by atoms with Gasteiger partial charge in [0, 0.05) is 6.42 Å². The molecule has 0 aromatic rings. The fraction of sp³-hybridized carbons (Fsp3) is 0.826. The van der Waals surface area contributed by atoms with Crippen molar-refractivity contribution in [3.63, 3.8) is 0 Å². The van der Waals surface area contributed by atoms with Gasteiger partial charge >= 0.3 is 5.97 Å². The van der Waals surface area contributed by atoms with Crippen molar-refractivity contribution in [3.8, 4) is 0 Å². The van der Waals surface area contributed by atoms with Crippen molar-refractivity contribution >= 4 is 11.8 Å². The van der Waals surface area contributed by atoms with E-state index in [2.05, 4.69) is 62.0 Å². The first kappa shape index (κ1) is 25.8. The van der Waals surface area contributed by atoms with Crippen LogP contribution < -0.4 is 0 Å². The van der Waals surface area contributed by atoms with Gasteiger partial charge in [-0.05, 0) is 42.1 Å². The van der Waals surface area contributed by atoms with E-state index in [9.17, 15) is 14.7 Å². The van der Waals surface area contributed by atoms with E-state index < -0.39 is 11.5 Å². The highest BCUT2D eigenvalue weighted by atomic mass is 16.5. The van der Waals surface area contributed by atoms with Gasteiger partial charge in [0.25, 0.3) is 0 Å². The Morgan fingerprint density at radius 3 is 2.00 bits per heavy atom. The predicted molar refractivity (Wildman–Crippen MR) is 111 cm³/mol. The van der Waals surface area contributed by atoms with Crippen LogP contribution in [-0.4, -0.2) is 29.6 Å². The number of aliphatic hydroxyl groups is 1. The van der Waals surface area contributed by atoms with Gasteiger partial charge in [0.05, 0.1) is 11.5 Å². The van der Waals surface area contributed by atoms with Crippen molar-refractivity contribution in [2.75, 3.05) is 6.61 Å². The Kier molecular flexibility index (Phi) is 8.96. The molecule has 158 valence electrons. The van der Waals surface area contributed by atoms with Crippen molar-refractivity contribution in [1.82, 2.24) is 0 Å². The first-order valence-electron chi connectivity index (χ1n) is 10.0. The summed E-state index contributed by atoms with van der Waals surface area (Å²) in [5.74, 6) is -0.401. The lowest BCUT2D eigenvalue weighted by atomic mass is 9.50. The highest BCUT2D eigenvalue weighted by Crippen LogP contribution is 2.57. The summed E-state index contributed by atoms with van der Waals surface area (Å²) in [6.07, 6.45) is 2.49. The summed E-state index contributed by atoms with van der Waals surface area (Å²) in [5.41, 5.74) is -1.14. The number of allylic oxidation sites excluding steroid dienone is 1. The summed E-state index contributed by atoms with van der Waals surface area (Å²) in [5, 5.41) is 10.1. The second kappa shape index (κ2) is 9.36. The smallest absolute Gasteiger partial charge is 0.312 e. The molecule has 0 bridgehead atoms. The largest absolute Gasteiger partial charge is 0.463 e. The maximum atomic E-state index is 13.2. The van der Waals surface area contributed by atoms with Crippen molar-refractivity contribution in [2.24, 2.45) is 21.7 Å². The third-order valence-electron chi connectivity index (χ3n) is 6.65. The molecule has 4 heteroatoms. The summed E-state index contributed by atoms with van der Waals surface area (Å²) < 4.78 is 5.58. The summed E-state index contributed by atoms with van der Waals surface area (Å²) >= 11 is 0. The number of carbonyl (C=O) groups excluding carboxylic acids is 2. The number of hydrogen-bond acceptors (Lipinski definition) is 4. The molecule has 0 heterocycles. The topological polar surface area (TPSA) is 63.6 Å². The molecule has 2 unspecified atom stereocenters. The SMILES string of the molecule is C=CC(=O)CCC(O)COC(=O)C(C)(CC(C)(C)C)C(C)(C)C(C)(C)CC. The number of rotatable bonds is 11. The summed E-state index contributed by atoms with van der Waals surface area (Å²) in [6, 6.07) is 0. The second-order valence-electron chi connectivity index (χ2n) is 10.4. The van der Waals surface area contributed by atoms with Gasteiger partial charge in [0.1, 0.15) is 6.61 Å². The van der Waals surface area contributed by atoms with Crippen LogP contribution in [0.5, 0.6) is 0 Å². The van der Waals surface area contributed by atoms with E-state index in [-0.39, 0.29) is 47.4 Å². The molecule has 0 saturated heterocycles. The Hall–Kier alpha value is -1.16. The van der Waals surface area contributed by atoms with Crippen LogP contribution in [0, 0.1) is 21.7 Å². The van der Waals surface area contributed by atoms with E-state index in [4.69, 9.17) is 4.74 Å². The minimum atomic E-state index is -0.848. The zero-order valence-electron chi connectivity index (χ0n) is 19.1. The Balaban J connectivity index is 5.44.